The highest BCUT2D eigenvalue weighted by Gasteiger charge is 2.12. The fourth-order valence-corrected chi connectivity index (χ4v) is 2.56. The van der Waals surface area contributed by atoms with Crippen LogP contribution in [-0.2, 0) is 0 Å². The maximum atomic E-state index is 12.4. The van der Waals surface area contributed by atoms with Gasteiger partial charge in [0.15, 0.2) is 17.3 Å². The molecule has 24 heavy (non-hydrogen) atoms. The summed E-state index contributed by atoms with van der Waals surface area (Å²) in [6.07, 6.45) is 3.02. The summed E-state index contributed by atoms with van der Waals surface area (Å²) in [6, 6.07) is 8.13. The van der Waals surface area contributed by atoms with Crippen LogP contribution in [-0.4, -0.2) is 32.2 Å². The Morgan fingerprint density at radius 1 is 1.04 bits per heavy atom. The van der Waals surface area contributed by atoms with Gasteiger partial charge in [-0.15, -0.1) is 0 Å². The van der Waals surface area contributed by atoms with Crippen molar-refractivity contribution >= 4 is 27.8 Å². The van der Waals surface area contributed by atoms with Gasteiger partial charge < -0.3 is 19.3 Å². The van der Waals surface area contributed by atoms with Gasteiger partial charge in [0.05, 0.1) is 26.9 Å². The van der Waals surface area contributed by atoms with Crippen molar-refractivity contribution in [1.29, 1.82) is 0 Å². The predicted octanol–water partition coefficient (Wildman–Crippen LogP) is 4.08. The molecule has 0 spiro atoms. The maximum Gasteiger partial charge on any atom is 0.189 e. The number of aromatic hydroxyl groups is 1. The van der Waals surface area contributed by atoms with E-state index < -0.39 is 0 Å². The molecule has 0 unspecified atom stereocenters. The minimum absolute atomic E-state index is 0.00479. The summed E-state index contributed by atoms with van der Waals surface area (Å²) in [4.78, 5) is 12.4. The van der Waals surface area contributed by atoms with Gasteiger partial charge in [0.1, 0.15) is 11.5 Å². The van der Waals surface area contributed by atoms with Crippen LogP contribution < -0.4 is 14.2 Å². The van der Waals surface area contributed by atoms with Crippen molar-refractivity contribution in [3.63, 3.8) is 0 Å². The second-order valence-electron chi connectivity index (χ2n) is 4.81. The Bertz CT molecular complexity index is 783. The quantitative estimate of drug-likeness (QED) is 0.592. The lowest BCUT2D eigenvalue weighted by Gasteiger charge is -2.08. The molecule has 0 atom stereocenters. The van der Waals surface area contributed by atoms with Crippen molar-refractivity contribution in [3.8, 4) is 23.0 Å². The summed E-state index contributed by atoms with van der Waals surface area (Å²) in [5.41, 5.74) is 1.07. The van der Waals surface area contributed by atoms with Gasteiger partial charge in [-0.25, -0.2) is 0 Å². The number of carbonyl (C=O) groups is 1. The van der Waals surface area contributed by atoms with Crippen LogP contribution in [0.25, 0.3) is 6.08 Å². The van der Waals surface area contributed by atoms with Gasteiger partial charge in [0.2, 0.25) is 0 Å². The molecule has 2 rings (SSSR count). The van der Waals surface area contributed by atoms with Crippen molar-refractivity contribution in [1.82, 2.24) is 0 Å². The minimum atomic E-state index is -0.225. The van der Waals surface area contributed by atoms with Crippen molar-refractivity contribution in [2.75, 3.05) is 21.3 Å². The second kappa shape index (κ2) is 7.88. The molecule has 0 heterocycles. The standard InChI is InChI=1S/C18H17BrO5/c1-22-12-5-6-13(17(9-12)23-2)15(20)7-4-11-8-16(21)18(24-3)10-14(11)19/h4-10,21H,1-3H3/b7-4+. The third-order valence-corrected chi connectivity index (χ3v) is 4.07. The van der Waals surface area contributed by atoms with E-state index in [1.54, 1.807) is 37.5 Å². The molecule has 0 aliphatic carbocycles. The zero-order valence-electron chi connectivity index (χ0n) is 13.5. The number of rotatable bonds is 6. The number of hydrogen-bond donors (Lipinski definition) is 1. The van der Waals surface area contributed by atoms with Crippen LogP contribution in [0.4, 0.5) is 0 Å². The molecule has 0 aromatic heterocycles. The van der Waals surface area contributed by atoms with Crippen LogP contribution in [0.15, 0.2) is 40.9 Å². The zero-order valence-corrected chi connectivity index (χ0v) is 15.1. The number of hydrogen-bond acceptors (Lipinski definition) is 5. The number of phenols is 1. The lowest BCUT2D eigenvalue weighted by atomic mass is 10.1. The molecule has 0 fully saturated rings. The van der Waals surface area contributed by atoms with E-state index in [2.05, 4.69) is 15.9 Å². The number of ketones is 1. The summed E-state index contributed by atoms with van der Waals surface area (Å²) < 4.78 is 16.1. The summed E-state index contributed by atoms with van der Waals surface area (Å²) in [5, 5.41) is 9.84. The van der Waals surface area contributed by atoms with E-state index in [1.807, 2.05) is 0 Å². The van der Waals surface area contributed by atoms with Gasteiger partial charge in [-0.3, -0.25) is 4.79 Å². The van der Waals surface area contributed by atoms with Gasteiger partial charge in [0.25, 0.3) is 0 Å². The SMILES string of the molecule is COc1ccc(C(=O)/C=C/c2cc(O)c(OC)cc2Br)c(OC)c1. The molecule has 0 saturated heterocycles. The molecule has 126 valence electrons. The Morgan fingerprint density at radius 3 is 2.38 bits per heavy atom. The summed E-state index contributed by atoms with van der Waals surface area (Å²) >= 11 is 3.38. The summed E-state index contributed by atoms with van der Waals surface area (Å²) in [7, 11) is 4.51. The highest BCUT2D eigenvalue weighted by molar-refractivity contribution is 9.10. The number of allylic oxidation sites excluding steroid dienone is 1. The maximum absolute atomic E-state index is 12.4. The molecule has 0 bridgehead atoms. The Morgan fingerprint density at radius 2 is 1.75 bits per heavy atom. The van der Waals surface area contributed by atoms with Crippen LogP contribution in [0.1, 0.15) is 15.9 Å². The first-order valence-electron chi connectivity index (χ1n) is 7.01. The zero-order chi connectivity index (χ0) is 17.7. The lowest BCUT2D eigenvalue weighted by molar-refractivity contribution is 0.104. The van der Waals surface area contributed by atoms with Gasteiger partial charge >= 0.3 is 0 Å². The van der Waals surface area contributed by atoms with E-state index in [9.17, 15) is 9.90 Å². The second-order valence-corrected chi connectivity index (χ2v) is 5.66. The normalized spacial score (nSPS) is 10.7. The molecular formula is C18H17BrO5. The van der Waals surface area contributed by atoms with Crippen LogP contribution in [0.2, 0.25) is 0 Å². The van der Waals surface area contributed by atoms with E-state index in [0.29, 0.717) is 32.8 Å². The topological polar surface area (TPSA) is 65.0 Å². The average molecular weight is 393 g/mol. The lowest BCUT2D eigenvalue weighted by Crippen LogP contribution is -1.99. The van der Waals surface area contributed by atoms with E-state index >= 15 is 0 Å². The van der Waals surface area contributed by atoms with E-state index in [1.165, 1.54) is 26.4 Å². The molecule has 5 nitrogen and oxygen atoms in total. The molecular weight excluding hydrogens is 376 g/mol. The number of methoxy groups -OCH3 is 3. The first-order chi connectivity index (χ1) is 11.5. The Balaban J connectivity index is 2.30. The fourth-order valence-electron chi connectivity index (χ4n) is 2.11. The summed E-state index contributed by atoms with van der Waals surface area (Å²) in [6.45, 7) is 0. The van der Waals surface area contributed by atoms with Crippen LogP contribution in [0.5, 0.6) is 23.0 Å². The van der Waals surface area contributed by atoms with Gasteiger partial charge in [-0.1, -0.05) is 15.9 Å². The number of ether oxygens (including phenoxy) is 3. The Kier molecular flexibility index (Phi) is 5.87. The molecule has 0 amide bonds. The average Bonchev–Trinajstić information content (AvgIpc) is 2.61. The molecule has 1 N–H and O–H groups in total. The summed E-state index contributed by atoms with van der Waals surface area (Å²) in [5.74, 6) is 1.16. The molecule has 0 aliphatic rings. The van der Waals surface area contributed by atoms with Gasteiger partial charge in [0, 0.05) is 10.5 Å². The Hall–Kier alpha value is -2.47. The number of benzene rings is 2. The van der Waals surface area contributed by atoms with Crippen LogP contribution in [0, 0.1) is 0 Å². The Labute approximate surface area is 148 Å². The monoisotopic (exact) mass is 392 g/mol. The number of halogens is 1. The fraction of sp³-hybridized carbons (Fsp3) is 0.167. The first kappa shape index (κ1) is 17.9. The van der Waals surface area contributed by atoms with E-state index in [4.69, 9.17) is 14.2 Å². The minimum Gasteiger partial charge on any atom is -0.504 e. The molecule has 2 aromatic carbocycles. The third kappa shape index (κ3) is 3.89. The first-order valence-corrected chi connectivity index (χ1v) is 7.80. The highest BCUT2D eigenvalue weighted by Crippen LogP contribution is 2.33. The van der Waals surface area contributed by atoms with Crippen LogP contribution >= 0.6 is 15.9 Å². The smallest absolute Gasteiger partial charge is 0.189 e. The molecule has 0 radical (unpaired) electrons. The van der Waals surface area contributed by atoms with Crippen molar-refractivity contribution in [2.45, 2.75) is 0 Å². The largest absolute Gasteiger partial charge is 0.504 e. The van der Waals surface area contributed by atoms with E-state index in [0.717, 1.165) is 0 Å². The highest BCUT2D eigenvalue weighted by atomic mass is 79.9. The van der Waals surface area contributed by atoms with Gasteiger partial charge in [-0.2, -0.15) is 0 Å². The molecule has 0 saturated carbocycles. The van der Waals surface area contributed by atoms with Crippen molar-refractivity contribution in [3.05, 3.63) is 52.0 Å². The van der Waals surface area contributed by atoms with Gasteiger partial charge in [-0.05, 0) is 42.0 Å². The van der Waals surface area contributed by atoms with E-state index in [-0.39, 0.29) is 11.5 Å². The van der Waals surface area contributed by atoms with Crippen LogP contribution in [0.3, 0.4) is 0 Å². The number of carbonyl (C=O) groups excluding carboxylic acids is 1. The molecule has 2 aromatic rings. The van der Waals surface area contributed by atoms with Crippen molar-refractivity contribution < 1.29 is 24.1 Å². The predicted molar refractivity (Wildman–Crippen MR) is 95.3 cm³/mol. The third-order valence-electron chi connectivity index (χ3n) is 3.39. The number of phenolic OH excluding ortho intramolecular Hbond substituents is 1. The van der Waals surface area contributed by atoms with Crippen molar-refractivity contribution in [2.24, 2.45) is 0 Å². The molecule has 0 aliphatic heterocycles. The molecule has 6 heteroatoms.